The van der Waals surface area contributed by atoms with Crippen LogP contribution in [0.15, 0.2) is 29.6 Å². The summed E-state index contributed by atoms with van der Waals surface area (Å²) in [4.78, 5) is 25.5. The molecule has 0 saturated carbocycles. The predicted molar refractivity (Wildman–Crippen MR) is 99.8 cm³/mol. The molecular formula is C19H27N3O4. The van der Waals surface area contributed by atoms with Crippen LogP contribution in [0.4, 0.5) is 5.69 Å². The average Bonchev–Trinajstić information content (AvgIpc) is 2.57. The fraction of sp³-hybridized carbons (Fsp3) is 0.474. The molecule has 0 radical (unpaired) electrons. The number of phenols is 1. The van der Waals surface area contributed by atoms with Gasteiger partial charge in [-0.25, -0.2) is 0 Å². The second-order valence-electron chi connectivity index (χ2n) is 7.26. The molecule has 2 atom stereocenters. The van der Waals surface area contributed by atoms with Crippen LogP contribution in [0, 0.1) is 5.92 Å². The summed E-state index contributed by atoms with van der Waals surface area (Å²) in [5.41, 5.74) is 1.02. The van der Waals surface area contributed by atoms with E-state index in [0.29, 0.717) is 17.3 Å². The summed E-state index contributed by atoms with van der Waals surface area (Å²) < 4.78 is 0. The molecule has 4 N–H and O–H groups in total. The lowest BCUT2D eigenvalue weighted by molar-refractivity contribution is -0.125. The Morgan fingerprint density at radius 1 is 1.27 bits per heavy atom. The number of carbonyl (C=O) groups is 2. The first-order chi connectivity index (χ1) is 12.1. The molecule has 26 heavy (non-hydrogen) atoms. The molecule has 0 aliphatic heterocycles. The number of hydrogen-bond donors (Lipinski definition) is 4. The Kier molecular flexibility index (Phi) is 5.92. The van der Waals surface area contributed by atoms with Crippen LogP contribution in [0.2, 0.25) is 0 Å². The van der Waals surface area contributed by atoms with Crippen molar-refractivity contribution in [2.45, 2.75) is 39.3 Å². The quantitative estimate of drug-likeness (QED) is 0.551. The van der Waals surface area contributed by atoms with E-state index in [4.69, 9.17) is 0 Å². The number of amides is 1. The molecule has 1 aliphatic rings. The zero-order valence-electron chi connectivity index (χ0n) is 15.8. The topological polar surface area (TPSA) is 102 Å². The minimum atomic E-state index is -1.27. The van der Waals surface area contributed by atoms with Gasteiger partial charge in [0.2, 0.25) is 5.78 Å². The summed E-state index contributed by atoms with van der Waals surface area (Å²) in [6.07, 6.45) is -0.394. The Balaban J connectivity index is 2.27. The van der Waals surface area contributed by atoms with Gasteiger partial charge in [-0.3, -0.25) is 9.59 Å². The smallest absolute Gasteiger partial charge is 0.257 e. The number of nitrogens with one attached hydrogen (secondary N) is 2. The van der Waals surface area contributed by atoms with Crippen molar-refractivity contribution in [3.63, 3.8) is 0 Å². The van der Waals surface area contributed by atoms with Gasteiger partial charge in [-0.15, -0.1) is 0 Å². The molecule has 0 spiro atoms. The van der Waals surface area contributed by atoms with Gasteiger partial charge in [-0.2, -0.15) is 0 Å². The minimum Gasteiger partial charge on any atom is -0.505 e. The lowest BCUT2D eigenvalue weighted by Crippen LogP contribution is -2.48. The van der Waals surface area contributed by atoms with Gasteiger partial charge < -0.3 is 25.7 Å². The number of rotatable bonds is 7. The largest absolute Gasteiger partial charge is 0.505 e. The van der Waals surface area contributed by atoms with Gasteiger partial charge in [0.1, 0.15) is 5.70 Å². The fourth-order valence-corrected chi connectivity index (χ4v) is 2.95. The summed E-state index contributed by atoms with van der Waals surface area (Å²) in [7, 11) is 3.19. The number of hydrogen-bond acceptors (Lipinski definition) is 6. The second-order valence-corrected chi connectivity index (χ2v) is 7.26. The Morgan fingerprint density at radius 3 is 2.50 bits per heavy atom. The van der Waals surface area contributed by atoms with Crippen molar-refractivity contribution in [3.05, 3.63) is 35.2 Å². The Labute approximate surface area is 153 Å². The predicted octanol–water partition coefficient (Wildman–Crippen LogP) is 1.69. The standard InChI is InChI=1S/C19H27N3O4/c1-10(2)9-11(3)20-14-15(18(25)17(14)24)21-13-8-6-7-12(16(13)23)19(26)22(4)5/h6-8,10-11,18,20-21,23,25H,9H2,1-5H3. The third kappa shape index (κ3) is 3.99. The molecule has 0 heterocycles. The van der Waals surface area contributed by atoms with Crippen molar-refractivity contribution in [1.82, 2.24) is 10.2 Å². The van der Waals surface area contributed by atoms with Gasteiger partial charge >= 0.3 is 0 Å². The number of anilines is 1. The van der Waals surface area contributed by atoms with Crippen LogP contribution in [0.3, 0.4) is 0 Å². The van der Waals surface area contributed by atoms with Crippen LogP contribution in [0.25, 0.3) is 0 Å². The van der Waals surface area contributed by atoms with Crippen molar-refractivity contribution in [2.75, 3.05) is 19.4 Å². The monoisotopic (exact) mass is 361 g/mol. The van der Waals surface area contributed by atoms with E-state index < -0.39 is 6.10 Å². The van der Waals surface area contributed by atoms with Gasteiger partial charge in [0.25, 0.3) is 5.91 Å². The van der Waals surface area contributed by atoms with Crippen LogP contribution < -0.4 is 10.6 Å². The van der Waals surface area contributed by atoms with Crippen LogP contribution in [-0.2, 0) is 4.79 Å². The Morgan fingerprint density at radius 2 is 1.92 bits per heavy atom. The van der Waals surface area contributed by atoms with E-state index in [1.807, 2.05) is 6.92 Å². The number of Topliss-reactive ketones (excluding diaryl/α,β-unsaturated/α-hetero) is 1. The fourth-order valence-electron chi connectivity index (χ4n) is 2.95. The maximum atomic E-state index is 12.1. The lowest BCUT2D eigenvalue weighted by Gasteiger charge is -2.32. The van der Waals surface area contributed by atoms with Gasteiger partial charge in [-0.05, 0) is 31.4 Å². The number of aromatic hydroxyl groups is 1. The number of carbonyl (C=O) groups excluding carboxylic acids is 2. The van der Waals surface area contributed by atoms with Crippen LogP contribution in [0.5, 0.6) is 5.75 Å². The van der Waals surface area contributed by atoms with Crippen LogP contribution in [-0.4, -0.2) is 53.0 Å². The molecule has 7 heteroatoms. The van der Waals surface area contributed by atoms with Gasteiger partial charge in [0.05, 0.1) is 16.9 Å². The third-order valence-electron chi connectivity index (χ3n) is 4.20. The molecule has 1 aromatic rings. The van der Waals surface area contributed by atoms with Gasteiger partial charge in [0.15, 0.2) is 11.9 Å². The minimum absolute atomic E-state index is 0.0634. The van der Waals surface area contributed by atoms with Crippen molar-refractivity contribution in [1.29, 1.82) is 0 Å². The summed E-state index contributed by atoms with van der Waals surface area (Å²) in [6, 6.07) is 4.79. The normalized spacial score (nSPS) is 17.8. The highest BCUT2D eigenvalue weighted by Crippen LogP contribution is 2.33. The SMILES string of the molecule is CC(C)CC(C)NC1=C(Nc2cccc(C(=O)N(C)C)c2O)C(O)C1=O. The van der Waals surface area contributed by atoms with Crippen molar-refractivity contribution >= 4 is 17.4 Å². The highest BCUT2D eigenvalue weighted by atomic mass is 16.3. The lowest BCUT2D eigenvalue weighted by atomic mass is 9.93. The first kappa shape index (κ1) is 19.8. The molecule has 0 fully saturated rings. The molecule has 7 nitrogen and oxygen atoms in total. The molecular weight excluding hydrogens is 334 g/mol. The first-order valence-electron chi connectivity index (χ1n) is 8.67. The van der Waals surface area contributed by atoms with E-state index >= 15 is 0 Å². The maximum Gasteiger partial charge on any atom is 0.257 e. The zero-order chi connectivity index (χ0) is 19.6. The summed E-state index contributed by atoms with van der Waals surface area (Å²) in [5.74, 6) is -0.482. The Bertz CT molecular complexity index is 740. The molecule has 2 unspecified atom stereocenters. The zero-order valence-corrected chi connectivity index (χ0v) is 15.8. The average molecular weight is 361 g/mol. The molecule has 1 aliphatic carbocycles. The molecule has 142 valence electrons. The van der Waals surface area contributed by atoms with E-state index in [9.17, 15) is 19.8 Å². The van der Waals surface area contributed by atoms with Gasteiger partial charge in [-0.1, -0.05) is 19.9 Å². The first-order valence-corrected chi connectivity index (χ1v) is 8.67. The van der Waals surface area contributed by atoms with E-state index in [0.717, 1.165) is 6.42 Å². The summed E-state index contributed by atoms with van der Waals surface area (Å²) >= 11 is 0. The molecule has 0 aromatic heterocycles. The van der Waals surface area contributed by atoms with Gasteiger partial charge in [0, 0.05) is 20.1 Å². The van der Waals surface area contributed by atoms with Crippen LogP contribution in [0.1, 0.15) is 37.6 Å². The second kappa shape index (κ2) is 7.78. The molecule has 1 amide bonds. The highest BCUT2D eigenvalue weighted by molar-refractivity contribution is 6.09. The van der Waals surface area contributed by atoms with Crippen molar-refractivity contribution < 1.29 is 19.8 Å². The molecule has 1 aromatic carbocycles. The number of phenolic OH excluding ortho intramolecular Hbond substituents is 1. The van der Waals surface area contributed by atoms with Crippen LogP contribution >= 0.6 is 0 Å². The summed E-state index contributed by atoms with van der Waals surface area (Å²) in [6.45, 7) is 6.15. The molecule has 0 bridgehead atoms. The number of para-hydroxylation sites is 1. The third-order valence-corrected chi connectivity index (χ3v) is 4.20. The number of benzene rings is 1. The molecule has 0 saturated heterocycles. The van der Waals surface area contributed by atoms with E-state index in [1.165, 1.54) is 11.0 Å². The maximum absolute atomic E-state index is 12.1. The van der Waals surface area contributed by atoms with E-state index in [-0.39, 0.29) is 34.7 Å². The summed E-state index contributed by atoms with van der Waals surface area (Å²) in [5, 5.41) is 26.4. The van der Waals surface area contributed by atoms with Crippen molar-refractivity contribution in [2.24, 2.45) is 5.92 Å². The highest BCUT2D eigenvalue weighted by Gasteiger charge is 2.39. The number of aliphatic hydroxyl groups is 1. The van der Waals surface area contributed by atoms with E-state index in [1.54, 1.807) is 26.2 Å². The Hall–Kier alpha value is -2.54. The number of ketones is 1. The molecule has 2 rings (SSSR count). The number of aliphatic hydroxyl groups excluding tert-OH is 1. The number of nitrogens with zero attached hydrogens (tertiary/aromatic N) is 1. The van der Waals surface area contributed by atoms with Crippen molar-refractivity contribution in [3.8, 4) is 5.75 Å². The van der Waals surface area contributed by atoms with E-state index in [2.05, 4.69) is 24.5 Å².